The zero-order chi connectivity index (χ0) is 14.5. The van der Waals surface area contributed by atoms with Gasteiger partial charge in [-0.15, -0.1) is 0 Å². The van der Waals surface area contributed by atoms with E-state index < -0.39 is 0 Å². The standard InChI is InChI=1S/C16H20N2O2/c1-12-8-14(4-3-5-17)10-15(9-12)16(19)18-6-7-20-11-13(18)2/h8-10,13H,5-7,11,17H2,1-2H3. The van der Waals surface area contributed by atoms with Gasteiger partial charge in [-0.3, -0.25) is 4.79 Å². The zero-order valence-corrected chi connectivity index (χ0v) is 12.0. The fourth-order valence-corrected chi connectivity index (χ4v) is 2.33. The van der Waals surface area contributed by atoms with Crippen molar-refractivity contribution in [2.24, 2.45) is 5.73 Å². The molecule has 2 N–H and O–H groups in total. The molecule has 1 aromatic rings. The van der Waals surface area contributed by atoms with Crippen molar-refractivity contribution >= 4 is 5.91 Å². The lowest BCUT2D eigenvalue weighted by Crippen LogP contribution is -2.47. The zero-order valence-electron chi connectivity index (χ0n) is 12.0. The number of hydrogen-bond donors (Lipinski definition) is 1. The molecule has 1 aliphatic rings. The van der Waals surface area contributed by atoms with E-state index in [2.05, 4.69) is 11.8 Å². The summed E-state index contributed by atoms with van der Waals surface area (Å²) >= 11 is 0. The number of carbonyl (C=O) groups is 1. The Morgan fingerprint density at radius 2 is 2.30 bits per heavy atom. The molecule has 4 nitrogen and oxygen atoms in total. The summed E-state index contributed by atoms with van der Waals surface area (Å²) in [5, 5.41) is 0. The fraction of sp³-hybridized carbons (Fsp3) is 0.438. The first-order valence-corrected chi connectivity index (χ1v) is 6.81. The number of amides is 1. The molecule has 0 spiro atoms. The van der Waals surface area contributed by atoms with Crippen molar-refractivity contribution in [2.75, 3.05) is 26.3 Å². The van der Waals surface area contributed by atoms with Gasteiger partial charge in [0.2, 0.25) is 0 Å². The molecule has 20 heavy (non-hydrogen) atoms. The van der Waals surface area contributed by atoms with Crippen molar-refractivity contribution in [1.29, 1.82) is 0 Å². The Hall–Kier alpha value is -1.83. The number of carbonyl (C=O) groups excluding carboxylic acids is 1. The fourth-order valence-electron chi connectivity index (χ4n) is 2.33. The molecule has 0 saturated carbocycles. The Morgan fingerprint density at radius 3 is 3.00 bits per heavy atom. The topological polar surface area (TPSA) is 55.6 Å². The van der Waals surface area contributed by atoms with E-state index in [1.165, 1.54) is 0 Å². The van der Waals surface area contributed by atoms with Crippen molar-refractivity contribution in [2.45, 2.75) is 19.9 Å². The molecule has 0 radical (unpaired) electrons. The number of aryl methyl sites for hydroxylation is 1. The molecule has 1 unspecified atom stereocenters. The van der Waals surface area contributed by atoms with Crippen molar-refractivity contribution < 1.29 is 9.53 Å². The molecule has 1 atom stereocenters. The maximum atomic E-state index is 12.6. The van der Waals surface area contributed by atoms with Gasteiger partial charge in [0.05, 0.1) is 25.8 Å². The number of nitrogens with zero attached hydrogens (tertiary/aromatic N) is 1. The molecule has 0 bridgehead atoms. The van der Waals surface area contributed by atoms with Crippen LogP contribution in [0.5, 0.6) is 0 Å². The summed E-state index contributed by atoms with van der Waals surface area (Å²) in [5.74, 6) is 5.85. The largest absolute Gasteiger partial charge is 0.377 e. The molecule has 1 heterocycles. The van der Waals surface area contributed by atoms with Crippen LogP contribution >= 0.6 is 0 Å². The Kier molecular flexibility index (Phi) is 4.78. The van der Waals surface area contributed by atoms with Gasteiger partial charge >= 0.3 is 0 Å². The Balaban J connectivity index is 2.27. The van der Waals surface area contributed by atoms with Gasteiger partial charge in [-0.05, 0) is 37.6 Å². The highest BCUT2D eigenvalue weighted by Gasteiger charge is 2.24. The van der Waals surface area contributed by atoms with Crippen LogP contribution < -0.4 is 5.73 Å². The predicted molar refractivity (Wildman–Crippen MR) is 78.4 cm³/mol. The number of ether oxygens (including phenoxy) is 1. The third kappa shape index (κ3) is 3.38. The van der Waals surface area contributed by atoms with Crippen LogP contribution in [-0.4, -0.2) is 43.2 Å². The van der Waals surface area contributed by atoms with E-state index in [0.29, 0.717) is 31.9 Å². The van der Waals surface area contributed by atoms with E-state index in [0.717, 1.165) is 11.1 Å². The lowest BCUT2D eigenvalue weighted by atomic mass is 10.0. The lowest BCUT2D eigenvalue weighted by molar-refractivity contribution is 0.00359. The van der Waals surface area contributed by atoms with Crippen molar-refractivity contribution in [1.82, 2.24) is 4.90 Å². The van der Waals surface area contributed by atoms with Gasteiger partial charge in [0, 0.05) is 17.7 Å². The maximum absolute atomic E-state index is 12.6. The second-order valence-electron chi connectivity index (χ2n) is 5.02. The molecule has 2 rings (SSSR count). The number of hydrogen-bond acceptors (Lipinski definition) is 3. The summed E-state index contributed by atoms with van der Waals surface area (Å²) in [6, 6.07) is 5.80. The number of nitrogens with two attached hydrogens (primary N) is 1. The number of rotatable bonds is 1. The van der Waals surface area contributed by atoms with E-state index in [-0.39, 0.29) is 11.9 Å². The minimum atomic E-state index is 0.0419. The van der Waals surface area contributed by atoms with Gasteiger partial charge in [-0.2, -0.15) is 0 Å². The first kappa shape index (κ1) is 14.6. The molecule has 1 fully saturated rings. The monoisotopic (exact) mass is 272 g/mol. The van der Waals surface area contributed by atoms with Crippen molar-refractivity contribution in [3.8, 4) is 11.8 Å². The second-order valence-corrected chi connectivity index (χ2v) is 5.02. The Labute approximate surface area is 119 Å². The number of morpholine rings is 1. The molecule has 1 aromatic carbocycles. The summed E-state index contributed by atoms with van der Waals surface area (Å²) in [6.45, 7) is 6.11. The number of benzene rings is 1. The minimum absolute atomic E-state index is 0.0419. The molecule has 1 amide bonds. The summed E-state index contributed by atoms with van der Waals surface area (Å²) in [5.41, 5.74) is 7.92. The summed E-state index contributed by atoms with van der Waals surface area (Å²) in [4.78, 5) is 14.4. The molecule has 1 saturated heterocycles. The third-order valence-corrected chi connectivity index (χ3v) is 3.29. The van der Waals surface area contributed by atoms with Gasteiger partial charge in [0.15, 0.2) is 0 Å². The first-order valence-electron chi connectivity index (χ1n) is 6.81. The smallest absolute Gasteiger partial charge is 0.254 e. The molecule has 106 valence electrons. The summed E-state index contributed by atoms with van der Waals surface area (Å²) < 4.78 is 5.37. The predicted octanol–water partition coefficient (Wildman–Crippen LogP) is 1.17. The summed E-state index contributed by atoms with van der Waals surface area (Å²) in [7, 11) is 0. The lowest BCUT2D eigenvalue weighted by Gasteiger charge is -2.33. The van der Waals surface area contributed by atoms with Crippen LogP contribution in [0.25, 0.3) is 0 Å². The van der Waals surface area contributed by atoms with Gasteiger partial charge in [-0.1, -0.05) is 11.8 Å². The Morgan fingerprint density at radius 1 is 1.50 bits per heavy atom. The first-order chi connectivity index (χ1) is 9.61. The van der Waals surface area contributed by atoms with E-state index >= 15 is 0 Å². The van der Waals surface area contributed by atoms with Gasteiger partial charge in [-0.25, -0.2) is 0 Å². The Bertz CT molecular complexity index is 557. The van der Waals surface area contributed by atoms with Crippen molar-refractivity contribution in [3.63, 3.8) is 0 Å². The van der Waals surface area contributed by atoms with Crippen LogP contribution in [0.3, 0.4) is 0 Å². The highest BCUT2D eigenvalue weighted by atomic mass is 16.5. The van der Waals surface area contributed by atoms with E-state index in [1.54, 1.807) is 0 Å². The van der Waals surface area contributed by atoms with Gasteiger partial charge in [0.1, 0.15) is 0 Å². The average molecular weight is 272 g/mol. The minimum Gasteiger partial charge on any atom is -0.377 e. The van der Waals surface area contributed by atoms with Crippen LogP contribution in [0.15, 0.2) is 18.2 Å². The average Bonchev–Trinajstić information content (AvgIpc) is 2.44. The highest BCUT2D eigenvalue weighted by Crippen LogP contribution is 2.15. The van der Waals surface area contributed by atoms with Crippen LogP contribution in [0.1, 0.15) is 28.4 Å². The second kappa shape index (κ2) is 6.56. The van der Waals surface area contributed by atoms with E-state index in [9.17, 15) is 4.79 Å². The maximum Gasteiger partial charge on any atom is 0.254 e. The van der Waals surface area contributed by atoms with Crippen molar-refractivity contribution in [3.05, 3.63) is 34.9 Å². The third-order valence-electron chi connectivity index (χ3n) is 3.29. The summed E-state index contributed by atoms with van der Waals surface area (Å²) in [6.07, 6.45) is 0. The quantitative estimate of drug-likeness (QED) is 0.781. The molecule has 0 aromatic heterocycles. The molecule has 1 aliphatic heterocycles. The van der Waals surface area contributed by atoms with E-state index in [1.807, 2.05) is 36.9 Å². The van der Waals surface area contributed by atoms with Crippen LogP contribution in [0, 0.1) is 18.8 Å². The van der Waals surface area contributed by atoms with Crippen LogP contribution in [0.4, 0.5) is 0 Å². The SMILES string of the molecule is Cc1cc(C#CCN)cc(C(=O)N2CCOCC2C)c1. The highest BCUT2D eigenvalue weighted by molar-refractivity contribution is 5.95. The van der Waals surface area contributed by atoms with Crippen LogP contribution in [0.2, 0.25) is 0 Å². The molecule has 0 aliphatic carbocycles. The van der Waals surface area contributed by atoms with Gasteiger partial charge in [0.25, 0.3) is 5.91 Å². The molecular weight excluding hydrogens is 252 g/mol. The van der Waals surface area contributed by atoms with Gasteiger partial charge < -0.3 is 15.4 Å². The van der Waals surface area contributed by atoms with E-state index in [4.69, 9.17) is 10.5 Å². The normalized spacial score (nSPS) is 18.4. The molecular formula is C16H20N2O2. The van der Waals surface area contributed by atoms with Crippen LogP contribution in [-0.2, 0) is 4.74 Å². The molecule has 4 heteroatoms.